The fraction of sp³-hybridized carbons (Fsp3) is 0.667. The molecule has 1 aromatic rings. The SMILES string of the molecule is CCSCc1ccnc(NC(=O)N2C3CCC2CN(CC)CC3)c1. The van der Waals surface area contributed by atoms with Crippen LogP contribution in [0, 0.1) is 0 Å². The first-order chi connectivity index (χ1) is 11.7. The molecule has 1 N–H and O–H groups in total. The predicted octanol–water partition coefficient (Wildman–Crippen LogP) is 3.43. The molecule has 2 bridgehead atoms. The van der Waals surface area contributed by atoms with E-state index in [0.717, 1.165) is 50.4 Å². The first kappa shape index (κ1) is 17.5. The van der Waals surface area contributed by atoms with Crippen molar-refractivity contribution in [2.75, 3.05) is 30.7 Å². The second-order valence-corrected chi connectivity index (χ2v) is 7.87. The molecule has 0 spiro atoms. The number of nitrogens with zero attached hydrogens (tertiary/aromatic N) is 3. The Morgan fingerprint density at radius 2 is 2.17 bits per heavy atom. The molecule has 2 unspecified atom stereocenters. The van der Waals surface area contributed by atoms with Crippen LogP contribution in [0.25, 0.3) is 0 Å². The van der Waals surface area contributed by atoms with Crippen LogP contribution >= 0.6 is 11.8 Å². The summed E-state index contributed by atoms with van der Waals surface area (Å²) in [6.07, 6.45) is 5.13. The van der Waals surface area contributed by atoms with Gasteiger partial charge in [-0.3, -0.25) is 5.32 Å². The van der Waals surface area contributed by atoms with Gasteiger partial charge in [0, 0.05) is 37.1 Å². The molecule has 3 rings (SSSR count). The molecule has 24 heavy (non-hydrogen) atoms. The van der Waals surface area contributed by atoms with Crippen LogP contribution in [0.1, 0.15) is 38.7 Å². The number of aromatic nitrogens is 1. The summed E-state index contributed by atoms with van der Waals surface area (Å²) >= 11 is 1.88. The molecule has 0 aromatic carbocycles. The highest BCUT2D eigenvalue weighted by molar-refractivity contribution is 7.98. The lowest BCUT2D eigenvalue weighted by molar-refractivity contribution is 0.184. The molecule has 2 atom stereocenters. The number of urea groups is 1. The van der Waals surface area contributed by atoms with Crippen molar-refractivity contribution < 1.29 is 4.79 Å². The summed E-state index contributed by atoms with van der Waals surface area (Å²) in [7, 11) is 0. The van der Waals surface area contributed by atoms with E-state index in [1.807, 2.05) is 23.9 Å². The molecule has 2 aliphatic rings. The zero-order valence-electron chi connectivity index (χ0n) is 14.7. The molecule has 1 aromatic heterocycles. The Labute approximate surface area is 149 Å². The number of rotatable bonds is 5. The van der Waals surface area contributed by atoms with E-state index in [1.165, 1.54) is 5.56 Å². The van der Waals surface area contributed by atoms with Crippen LogP contribution in [-0.4, -0.2) is 58.3 Å². The van der Waals surface area contributed by atoms with Crippen molar-refractivity contribution in [3.05, 3.63) is 23.9 Å². The van der Waals surface area contributed by atoms with Gasteiger partial charge in [0.1, 0.15) is 5.82 Å². The fourth-order valence-corrected chi connectivity index (χ4v) is 4.41. The zero-order chi connectivity index (χ0) is 16.9. The largest absolute Gasteiger partial charge is 0.323 e. The number of nitrogens with one attached hydrogen (secondary N) is 1. The maximum absolute atomic E-state index is 12.9. The number of amides is 2. The molecular weight excluding hydrogens is 320 g/mol. The summed E-state index contributed by atoms with van der Waals surface area (Å²) in [6, 6.07) is 4.76. The smallest absolute Gasteiger partial charge is 0.317 e. The fourth-order valence-electron chi connectivity index (χ4n) is 3.79. The van der Waals surface area contributed by atoms with E-state index in [-0.39, 0.29) is 6.03 Å². The first-order valence-electron chi connectivity index (χ1n) is 9.05. The van der Waals surface area contributed by atoms with E-state index in [2.05, 4.69) is 33.9 Å². The monoisotopic (exact) mass is 348 g/mol. The minimum atomic E-state index is 0.0215. The van der Waals surface area contributed by atoms with Crippen molar-refractivity contribution in [1.82, 2.24) is 14.8 Å². The summed E-state index contributed by atoms with van der Waals surface area (Å²) in [6.45, 7) is 7.53. The number of carbonyl (C=O) groups is 1. The van der Waals surface area contributed by atoms with Gasteiger partial charge in [0.2, 0.25) is 0 Å². The molecule has 0 aliphatic carbocycles. The average molecular weight is 349 g/mol. The molecule has 2 aliphatic heterocycles. The van der Waals surface area contributed by atoms with Gasteiger partial charge >= 0.3 is 6.03 Å². The lowest BCUT2D eigenvalue weighted by Crippen LogP contribution is -2.45. The highest BCUT2D eigenvalue weighted by Crippen LogP contribution is 2.30. The number of carbonyl (C=O) groups excluding carboxylic acids is 1. The second-order valence-electron chi connectivity index (χ2n) is 6.59. The highest BCUT2D eigenvalue weighted by atomic mass is 32.2. The van der Waals surface area contributed by atoms with Gasteiger partial charge in [0.15, 0.2) is 0 Å². The Morgan fingerprint density at radius 1 is 1.33 bits per heavy atom. The van der Waals surface area contributed by atoms with E-state index in [4.69, 9.17) is 0 Å². The second kappa shape index (κ2) is 8.21. The van der Waals surface area contributed by atoms with Gasteiger partial charge in [-0.15, -0.1) is 0 Å². The van der Waals surface area contributed by atoms with Crippen molar-refractivity contribution >= 4 is 23.6 Å². The van der Waals surface area contributed by atoms with Crippen molar-refractivity contribution in [3.63, 3.8) is 0 Å². The minimum absolute atomic E-state index is 0.0215. The van der Waals surface area contributed by atoms with Crippen LogP contribution in [0.4, 0.5) is 10.6 Å². The maximum Gasteiger partial charge on any atom is 0.323 e. The normalized spacial score (nSPS) is 24.0. The highest BCUT2D eigenvalue weighted by Gasteiger charge is 2.39. The van der Waals surface area contributed by atoms with Crippen LogP contribution in [-0.2, 0) is 5.75 Å². The van der Waals surface area contributed by atoms with Gasteiger partial charge in [-0.05, 0) is 49.3 Å². The standard InChI is InChI=1S/C18H28N4OS/c1-3-21-10-8-15-5-6-16(12-21)22(15)18(23)20-17-11-14(7-9-19-17)13-24-4-2/h7,9,11,15-16H,3-6,8,10,12-13H2,1-2H3,(H,19,20,23). The van der Waals surface area contributed by atoms with Crippen LogP contribution < -0.4 is 5.32 Å². The van der Waals surface area contributed by atoms with E-state index < -0.39 is 0 Å². The van der Waals surface area contributed by atoms with Crippen molar-refractivity contribution in [2.45, 2.75) is 50.9 Å². The molecule has 2 amide bonds. The number of hydrogen-bond donors (Lipinski definition) is 1. The third kappa shape index (κ3) is 4.03. The van der Waals surface area contributed by atoms with Gasteiger partial charge in [-0.1, -0.05) is 13.8 Å². The number of fused-ring (bicyclic) bond motifs is 2. The zero-order valence-corrected chi connectivity index (χ0v) is 15.5. The van der Waals surface area contributed by atoms with E-state index in [0.29, 0.717) is 17.9 Å². The van der Waals surface area contributed by atoms with Gasteiger partial charge in [0.25, 0.3) is 0 Å². The van der Waals surface area contributed by atoms with Crippen LogP contribution in [0.3, 0.4) is 0 Å². The number of hydrogen-bond acceptors (Lipinski definition) is 4. The number of likely N-dealkylation sites (tertiary alicyclic amines) is 1. The third-order valence-electron chi connectivity index (χ3n) is 5.08. The van der Waals surface area contributed by atoms with Gasteiger partial charge in [-0.2, -0.15) is 11.8 Å². The molecule has 3 heterocycles. The third-order valence-corrected chi connectivity index (χ3v) is 6.03. The lowest BCUT2D eigenvalue weighted by Gasteiger charge is -2.28. The summed E-state index contributed by atoms with van der Waals surface area (Å²) < 4.78 is 0. The van der Waals surface area contributed by atoms with Gasteiger partial charge < -0.3 is 9.80 Å². The molecule has 2 saturated heterocycles. The van der Waals surface area contributed by atoms with Gasteiger partial charge in [-0.25, -0.2) is 9.78 Å². The maximum atomic E-state index is 12.9. The van der Waals surface area contributed by atoms with Crippen LogP contribution in [0.15, 0.2) is 18.3 Å². The Bertz CT molecular complexity index is 568. The number of likely N-dealkylation sites (N-methyl/N-ethyl adjacent to an activating group) is 1. The molecule has 0 saturated carbocycles. The topological polar surface area (TPSA) is 48.5 Å². The Balaban J connectivity index is 1.66. The summed E-state index contributed by atoms with van der Waals surface area (Å²) in [5, 5.41) is 3.04. The average Bonchev–Trinajstić information content (AvgIpc) is 2.88. The van der Waals surface area contributed by atoms with Crippen molar-refractivity contribution in [1.29, 1.82) is 0 Å². The molecule has 6 heteroatoms. The summed E-state index contributed by atoms with van der Waals surface area (Å²) in [5.41, 5.74) is 1.21. The first-order valence-corrected chi connectivity index (χ1v) is 10.2. The molecule has 5 nitrogen and oxygen atoms in total. The van der Waals surface area contributed by atoms with Gasteiger partial charge in [0.05, 0.1) is 0 Å². The van der Waals surface area contributed by atoms with Crippen molar-refractivity contribution in [3.8, 4) is 0 Å². The Morgan fingerprint density at radius 3 is 2.96 bits per heavy atom. The number of pyridine rings is 1. The molecular formula is C18H28N4OS. The Hall–Kier alpha value is -1.27. The summed E-state index contributed by atoms with van der Waals surface area (Å²) in [4.78, 5) is 21.7. The Kier molecular flexibility index (Phi) is 6.00. The van der Waals surface area contributed by atoms with Crippen LogP contribution in [0.5, 0.6) is 0 Å². The quantitative estimate of drug-likeness (QED) is 0.886. The van der Waals surface area contributed by atoms with E-state index in [9.17, 15) is 4.79 Å². The van der Waals surface area contributed by atoms with E-state index >= 15 is 0 Å². The number of thioether (sulfide) groups is 1. The molecule has 132 valence electrons. The summed E-state index contributed by atoms with van der Waals surface area (Å²) in [5.74, 6) is 2.72. The van der Waals surface area contributed by atoms with Crippen LogP contribution in [0.2, 0.25) is 0 Å². The van der Waals surface area contributed by atoms with Crippen molar-refractivity contribution in [2.24, 2.45) is 0 Å². The predicted molar refractivity (Wildman–Crippen MR) is 100 cm³/mol. The number of anilines is 1. The lowest BCUT2D eigenvalue weighted by atomic mass is 10.1. The minimum Gasteiger partial charge on any atom is -0.317 e. The molecule has 2 fully saturated rings. The van der Waals surface area contributed by atoms with E-state index in [1.54, 1.807) is 6.20 Å². The molecule has 0 radical (unpaired) electrons.